The van der Waals surface area contributed by atoms with Gasteiger partial charge in [-0.15, -0.1) is 0 Å². The van der Waals surface area contributed by atoms with Gasteiger partial charge in [-0.25, -0.2) is 0 Å². The number of aryl methyl sites for hydroxylation is 1. The molecule has 0 aliphatic rings. The maximum atomic E-state index is 12.2. The summed E-state index contributed by atoms with van der Waals surface area (Å²) in [5.74, 6) is -0.414. The van der Waals surface area contributed by atoms with Gasteiger partial charge in [0.25, 0.3) is 0 Å². The molecule has 0 saturated heterocycles. The topological polar surface area (TPSA) is 62.3 Å². The molecule has 0 unspecified atom stereocenters. The Balaban J connectivity index is 2.00. The van der Waals surface area contributed by atoms with Crippen LogP contribution >= 0.6 is 15.9 Å². The standard InChI is InChI=1S/C17H18BrN3O2/c1-12-6-7-14(9-16(12)18)20-17(23)11-21(13(2)22)10-15-5-3-4-8-19-15/h3-9H,10-11H2,1-2H3,(H,20,23). The van der Waals surface area contributed by atoms with Crippen LogP contribution in [0.1, 0.15) is 18.2 Å². The van der Waals surface area contributed by atoms with E-state index < -0.39 is 0 Å². The van der Waals surface area contributed by atoms with E-state index in [0.29, 0.717) is 12.2 Å². The number of benzene rings is 1. The number of anilines is 1. The van der Waals surface area contributed by atoms with Gasteiger partial charge >= 0.3 is 0 Å². The first-order chi connectivity index (χ1) is 11.0. The van der Waals surface area contributed by atoms with Crippen LogP contribution in [0, 0.1) is 6.92 Å². The Morgan fingerprint density at radius 3 is 2.65 bits per heavy atom. The Labute approximate surface area is 143 Å². The van der Waals surface area contributed by atoms with E-state index in [-0.39, 0.29) is 18.4 Å². The van der Waals surface area contributed by atoms with Gasteiger partial charge in [-0.1, -0.05) is 28.1 Å². The highest BCUT2D eigenvalue weighted by molar-refractivity contribution is 9.10. The van der Waals surface area contributed by atoms with Crippen molar-refractivity contribution in [3.63, 3.8) is 0 Å². The molecule has 0 radical (unpaired) electrons. The zero-order valence-electron chi connectivity index (χ0n) is 13.0. The summed E-state index contributed by atoms with van der Waals surface area (Å²) in [5, 5.41) is 2.80. The molecule has 120 valence electrons. The molecule has 2 rings (SSSR count). The van der Waals surface area contributed by atoms with Gasteiger partial charge in [0, 0.05) is 23.3 Å². The Morgan fingerprint density at radius 2 is 2.04 bits per heavy atom. The molecule has 1 N–H and O–H groups in total. The Kier molecular flexibility index (Phi) is 5.87. The normalized spacial score (nSPS) is 10.2. The number of nitrogens with one attached hydrogen (secondary N) is 1. The number of hydrogen-bond donors (Lipinski definition) is 1. The van der Waals surface area contributed by atoms with Crippen molar-refractivity contribution < 1.29 is 9.59 Å². The first-order valence-electron chi connectivity index (χ1n) is 7.17. The summed E-state index contributed by atoms with van der Waals surface area (Å²) < 4.78 is 0.923. The van der Waals surface area contributed by atoms with Crippen LogP contribution in [0.4, 0.5) is 5.69 Å². The minimum absolute atomic E-state index is 0.0165. The largest absolute Gasteiger partial charge is 0.328 e. The van der Waals surface area contributed by atoms with Gasteiger partial charge in [0.05, 0.1) is 12.2 Å². The fourth-order valence-electron chi connectivity index (χ4n) is 2.01. The van der Waals surface area contributed by atoms with Crippen LogP contribution < -0.4 is 5.32 Å². The van der Waals surface area contributed by atoms with Crippen LogP contribution in [0.15, 0.2) is 47.1 Å². The molecule has 0 fully saturated rings. The van der Waals surface area contributed by atoms with Crippen LogP contribution in [0.3, 0.4) is 0 Å². The van der Waals surface area contributed by atoms with E-state index >= 15 is 0 Å². The number of hydrogen-bond acceptors (Lipinski definition) is 3. The molecule has 1 heterocycles. The molecule has 0 saturated carbocycles. The lowest BCUT2D eigenvalue weighted by Crippen LogP contribution is -2.36. The van der Waals surface area contributed by atoms with E-state index in [1.54, 1.807) is 6.20 Å². The molecule has 2 aromatic rings. The van der Waals surface area contributed by atoms with E-state index in [4.69, 9.17) is 0 Å². The molecule has 1 aromatic heterocycles. The van der Waals surface area contributed by atoms with Gasteiger partial charge < -0.3 is 10.2 Å². The monoisotopic (exact) mass is 375 g/mol. The summed E-state index contributed by atoms with van der Waals surface area (Å²) in [6.45, 7) is 3.71. The summed E-state index contributed by atoms with van der Waals surface area (Å²) in [5.41, 5.74) is 2.52. The number of amides is 2. The second-order valence-corrected chi connectivity index (χ2v) is 6.06. The van der Waals surface area contributed by atoms with Crippen LogP contribution in [-0.4, -0.2) is 28.2 Å². The summed E-state index contributed by atoms with van der Waals surface area (Å²) in [6.07, 6.45) is 1.66. The van der Waals surface area contributed by atoms with Crippen molar-refractivity contribution in [2.24, 2.45) is 0 Å². The minimum Gasteiger partial charge on any atom is -0.328 e. The fourth-order valence-corrected chi connectivity index (χ4v) is 2.39. The minimum atomic E-state index is -0.244. The number of aromatic nitrogens is 1. The van der Waals surface area contributed by atoms with Crippen molar-refractivity contribution in [3.8, 4) is 0 Å². The van der Waals surface area contributed by atoms with Gasteiger partial charge in [0.15, 0.2) is 0 Å². The predicted octanol–water partition coefficient (Wildman–Crippen LogP) is 3.14. The Bertz CT molecular complexity index is 704. The van der Waals surface area contributed by atoms with Crippen molar-refractivity contribution in [1.82, 2.24) is 9.88 Å². The lowest BCUT2D eigenvalue weighted by atomic mass is 10.2. The fraction of sp³-hybridized carbons (Fsp3) is 0.235. The second-order valence-electron chi connectivity index (χ2n) is 5.21. The van der Waals surface area contributed by atoms with E-state index in [1.165, 1.54) is 11.8 Å². The molecule has 6 heteroatoms. The zero-order chi connectivity index (χ0) is 16.8. The summed E-state index contributed by atoms with van der Waals surface area (Å²) in [6, 6.07) is 11.1. The average molecular weight is 376 g/mol. The molecule has 5 nitrogen and oxygen atoms in total. The quantitative estimate of drug-likeness (QED) is 0.872. The second kappa shape index (κ2) is 7.87. The number of nitrogens with zero attached hydrogens (tertiary/aromatic N) is 2. The number of carbonyl (C=O) groups excluding carboxylic acids is 2. The van der Waals surface area contributed by atoms with Crippen molar-refractivity contribution >= 4 is 33.4 Å². The summed E-state index contributed by atoms with van der Waals surface area (Å²) in [4.78, 5) is 29.6. The maximum Gasteiger partial charge on any atom is 0.244 e. The van der Waals surface area contributed by atoms with Crippen molar-refractivity contribution in [3.05, 3.63) is 58.3 Å². The molecule has 0 aliphatic carbocycles. The highest BCUT2D eigenvalue weighted by Gasteiger charge is 2.15. The van der Waals surface area contributed by atoms with Crippen LogP contribution in [-0.2, 0) is 16.1 Å². The third-order valence-corrected chi connectivity index (χ3v) is 4.17. The van der Waals surface area contributed by atoms with Gasteiger partial charge in [-0.05, 0) is 36.8 Å². The molecule has 0 atom stereocenters. The molecular formula is C17H18BrN3O2. The molecule has 0 spiro atoms. The number of carbonyl (C=O) groups is 2. The number of pyridine rings is 1. The highest BCUT2D eigenvalue weighted by atomic mass is 79.9. The molecule has 23 heavy (non-hydrogen) atoms. The van der Waals surface area contributed by atoms with Gasteiger partial charge in [-0.3, -0.25) is 14.6 Å². The lowest BCUT2D eigenvalue weighted by molar-refractivity contribution is -0.133. The zero-order valence-corrected chi connectivity index (χ0v) is 14.6. The first-order valence-corrected chi connectivity index (χ1v) is 7.96. The Hall–Kier alpha value is -2.21. The lowest BCUT2D eigenvalue weighted by Gasteiger charge is -2.20. The number of halogens is 1. The van der Waals surface area contributed by atoms with E-state index in [1.807, 2.05) is 43.3 Å². The molecule has 2 amide bonds. The van der Waals surface area contributed by atoms with E-state index in [0.717, 1.165) is 15.7 Å². The van der Waals surface area contributed by atoms with Crippen molar-refractivity contribution in [2.45, 2.75) is 20.4 Å². The predicted molar refractivity (Wildman–Crippen MR) is 92.8 cm³/mol. The van der Waals surface area contributed by atoms with Gasteiger partial charge in [0.1, 0.15) is 6.54 Å². The maximum absolute atomic E-state index is 12.2. The van der Waals surface area contributed by atoms with Crippen molar-refractivity contribution in [1.29, 1.82) is 0 Å². The van der Waals surface area contributed by atoms with Crippen LogP contribution in [0.25, 0.3) is 0 Å². The first kappa shape index (κ1) is 17.1. The van der Waals surface area contributed by atoms with Crippen LogP contribution in [0.5, 0.6) is 0 Å². The van der Waals surface area contributed by atoms with Gasteiger partial charge in [-0.2, -0.15) is 0 Å². The molecule has 0 aliphatic heterocycles. The summed E-state index contributed by atoms with van der Waals surface area (Å²) in [7, 11) is 0. The highest BCUT2D eigenvalue weighted by Crippen LogP contribution is 2.20. The van der Waals surface area contributed by atoms with Crippen molar-refractivity contribution in [2.75, 3.05) is 11.9 Å². The molecular weight excluding hydrogens is 358 g/mol. The van der Waals surface area contributed by atoms with E-state index in [9.17, 15) is 9.59 Å². The van der Waals surface area contributed by atoms with Crippen LogP contribution in [0.2, 0.25) is 0 Å². The smallest absolute Gasteiger partial charge is 0.244 e. The molecule has 0 bridgehead atoms. The average Bonchev–Trinajstić information content (AvgIpc) is 2.51. The summed E-state index contributed by atoms with van der Waals surface area (Å²) >= 11 is 3.43. The molecule has 1 aromatic carbocycles. The third kappa shape index (κ3) is 5.17. The van der Waals surface area contributed by atoms with E-state index in [2.05, 4.69) is 26.2 Å². The van der Waals surface area contributed by atoms with Gasteiger partial charge in [0.2, 0.25) is 11.8 Å². The SMILES string of the molecule is CC(=O)N(CC(=O)Nc1ccc(C)c(Br)c1)Cc1ccccn1. The third-order valence-electron chi connectivity index (χ3n) is 3.31. The Morgan fingerprint density at radius 1 is 1.26 bits per heavy atom. The number of rotatable bonds is 5.